The highest BCUT2D eigenvalue weighted by molar-refractivity contribution is 5.90. The third kappa shape index (κ3) is 1.64. The van der Waals surface area contributed by atoms with Crippen molar-refractivity contribution < 1.29 is 14.3 Å². The second-order valence-corrected chi connectivity index (χ2v) is 4.09. The van der Waals surface area contributed by atoms with Crippen LogP contribution < -0.4 is 5.43 Å². The van der Waals surface area contributed by atoms with Crippen molar-refractivity contribution in [3.8, 4) is 11.3 Å². The van der Waals surface area contributed by atoms with Gasteiger partial charge in [-0.25, -0.2) is 4.79 Å². The fraction of sp³-hybridized carbons (Fsp3) is 0.231. The van der Waals surface area contributed by atoms with E-state index in [4.69, 9.17) is 9.52 Å². The Morgan fingerprint density at radius 3 is 2.50 bits per heavy atom. The van der Waals surface area contributed by atoms with Crippen molar-refractivity contribution in [3.63, 3.8) is 0 Å². The molecule has 0 spiro atoms. The number of aromatic carboxylic acids is 1. The lowest BCUT2D eigenvalue weighted by Gasteiger charge is -2.14. The topological polar surface area (TPSA) is 72.4 Å². The van der Waals surface area contributed by atoms with E-state index in [1.54, 1.807) is 37.6 Å². The van der Waals surface area contributed by atoms with Crippen LogP contribution in [-0.4, -0.2) is 15.6 Å². The Morgan fingerprint density at radius 1 is 1.33 bits per heavy atom. The molecule has 0 fully saturated rings. The second-order valence-electron chi connectivity index (χ2n) is 4.09. The number of pyridine rings is 1. The highest BCUT2D eigenvalue weighted by Crippen LogP contribution is 2.22. The van der Waals surface area contributed by atoms with Gasteiger partial charge in [-0.3, -0.25) is 4.79 Å². The van der Waals surface area contributed by atoms with E-state index in [9.17, 15) is 9.59 Å². The van der Waals surface area contributed by atoms with Crippen LogP contribution in [-0.2, 0) is 7.05 Å². The molecule has 0 saturated heterocycles. The van der Waals surface area contributed by atoms with Crippen molar-refractivity contribution in [2.75, 3.05) is 0 Å². The summed E-state index contributed by atoms with van der Waals surface area (Å²) < 4.78 is 6.89. The average molecular weight is 247 g/mol. The van der Waals surface area contributed by atoms with Gasteiger partial charge in [0, 0.05) is 18.4 Å². The summed E-state index contributed by atoms with van der Waals surface area (Å²) in [6.45, 7) is 3.38. The molecule has 5 heteroatoms. The number of carboxylic acids is 1. The molecule has 0 saturated carbocycles. The van der Waals surface area contributed by atoms with Gasteiger partial charge in [-0.15, -0.1) is 0 Å². The van der Waals surface area contributed by atoms with E-state index in [-0.39, 0.29) is 5.56 Å². The third-order valence-corrected chi connectivity index (χ3v) is 3.17. The SMILES string of the molecule is Cc1c(C(=O)O)c(=O)c(-c2ccco2)c(C)n1C. The van der Waals surface area contributed by atoms with Crippen molar-refractivity contribution >= 4 is 5.97 Å². The van der Waals surface area contributed by atoms with Gasteiger partial charge in [-0.2, -0.15) is 0 Å². The Morgan fingerprint density at radius 2 is 2.00 bits per heavy atom. The zero-order chi connectivity index (χ0) is 13.4. The first-order chi connectivity index (χ1) is 8.45. The minimum Gasteiger partial charge on any atom is -0.477 e. The molecule has 0 aliphatic heterocycles. The molecule has 0 aliphatic carbocycles. The molecule has 0 aliphatic rings. The normalized spacial score (nSPS) is 10.6. The van der Waals surface area contributed by atoms with Crippen molar-refractivity contribution in [1.82, 2.24) is 4.57 Å². The largest absolute Gasteiger partial charge is 0.477 e. The van der Waals surface area contributed by atoms with Crippen molar-refractivity contribution in [3.05, 3.63) is 45.6 Å². The first-order valence-electron chi connectivity index (χ1n) is 5.42. The number of aromatic nitrogens is 1. The smallest absolute Gasteiger partial charge is 0.341 e. The molecule has 0 atom stereocenters. The minimum absolute atomic E-state index is 0.213. The molecule has 2 aromatic heterocycles. The van der Waals surface area contributed by atoms with Crippen molar-refractivity contribution in [2.24, 2.45) is 7.05 Å². The van der Waals surface area contributed by atoms with Crippen LogP contribution in [0.15, 0.2) is 27.6 Å². The number of hydrogen-bond donors (Lipinski definition) is 1. The van der Waals surface area contributed by atoms with Gasteiger partial charge < -0.3 is 14.1 Å². The Labute approximate surface area is 103 Å². The van der Waals surface area contributed by atoms with Gasteiger partial charge in [0.15, 0.2) is 0 Å². The highest BCUT2D eigenvalue weighted by atomic mass is 16.4. The van der Waals surface area contributed by atoms with E-state index in [0.29, 0.717) is 22.7 Å². The number of carboxylic acid groups (broad SMARTS) is 1. The molecule has 0 aromatic carbocycles. The molecular weight excluding hydrogens is 234 g/mol. The number of furan rings is 1. The molecule has 18 heavy (non-hydrogen) atoms. The Hall–Kier alpha value is -2.30. The van der Waals surface area contributed by atoms with Crippen molar-refractivity contribution in [2.45, 2.75) is 13.8 Å². The van der Waals surface area contributed by atoms with Gasteiger partial charge in [0.25, 0.3) is 0 Å². The van der Waals surface area contributed by atoms with Gasteiger partial charge in [0.05, 0.1) is 11.8 Å². The predicted octanol–water partition coefficient (Wildman–Crippen LogP) is 1.96. The quantitative estimate of drug-likeness (QED) is 0.880. The van der Waals surface area contributed by atoms with Crippen LogP contribution in [0.25, 0.3) is 11.3 Å². The van der Waals surface area contributed by atoms with Crippen LogP contribution in [0.2, 0.25) is 0 Å². The zero-order valence-electron chi connectivity index (χ0n) is 10.4. The van der Waals surface area contributed by atoms with Gasteiger partial charge >= 0.3 is 5.97 Å². The fourth-order valence-corrected chi connectivity index (χ4v) is 2.00. The molecule has 2 rings (SSSR count). The maximum Gasteiger partial charge on any atom is 0.341 e. The summed E-state index contributed by atoms with van der Waals surface area (Å²) in [5.41, 5.74) is 0.684. The van der Waals surface area contributed by atoms with Gasteiger partial charge in [-0.05, 0) is 26.0 Å². The lowest BCUT2D eigenvalue weighted by atomic mass is 10.0. The monoisotopic (exact) mass is 247 g/mol. The minimum atomic E-state index is -1.22. The van der Waals surface area contributed by atoms with Crippen LogP contribution in [0.3, 0.4) is 0 Å². The van der Waals surface area contributed by atoms with Gasteiger partial charge in [-0.1, -0.05) is 0 Å². The first-order valence-corrected chi connectivity index (χ1v) is 5.42. The second kappa shape index (κ2) is 4.18. The van der Waals surface area contributed by atoms with E-state index < -0.39 is 11.4 Å². The summed E-state index contributed by atoms with van der Waals surface area (Å²) in [6.07, 6.45) is 1.45. The van der Waals surface area contributed by atoms with Gasteiger partial charge in [0.2, 0.25) is 5.43 Å². The maximum atomic E-state index is 12.2. The lowest BCUT2D eigenvalue weighted by molar-refractivity contribution is 0.0693. The predicted molar refractivity (Wildman–Crippen MR) is 65.8 cm³/mol. The van der Waals surface area contributed by atoms with E-state index in [1.165, 1.54) is 6.26 Å². The molecule has 0 radical (unpaired) electrons. The lowest BCUT2D eigenvalue weighted by Crippen LogP contribution is -2.24. The number of hydrogen-bond acceptors (Lipinski definition) is 3. The summed E-state index contributed by atoms with van der Waals surface area (Å²) in [4.78, 5) is 23.4. The molecule has 0 amide bonds. The maximum absolute atomic E-state index is 12.2. The summed E-state index contributed by atoms with van der Waals surface area (Å²) in [7, 11) is 1.73. The van der Waals surface area contributed by atoms with Crippen LogP contribution in [0, 0.1) is 13.8 Å². The molecule has 2 heterocycles. The van der Waals surface area contributed by atoms with E-state index >= 15 is 0 Å². The van der Waals surface area contributed by atoms with E-state index in [0.717, 1.165) is 0 Å². The molecule has 94 valence electrons. The Balaban J connectivity index is 2.91. The Bertz CT molecular complexity index is 665. The number of nitrogens with zero attached hydrogens (tertiary/aromatic N) is 1. The summed E-state index contributed by atoms with van der Waals surface area (Å²) in [5, 5.41) is 9.14. The van der Waals surface area contributed by atoms with Crippen molar-refractivity contribution in [1.29, 1.82) is 0 Å². The van der Waals surface area contributed by atoms with E-state index in [1.807, 2.05) is 0 Å². The summed E-state index contributed by atoms with van der Waals surface area (Å²) in [6, 6.07) is 3.30. The first kappa shape index (κ1) is 12.2. The molecule has 2 aromatic rings. The van der Waals surface area contributed by atoms with Crippen LogP contribution >= 0.6 is 0 Å². The molecule has 1 N–H and O–H groups in total. The third-order valence-electron chi connectivity index (χ3n) is 3.17. The zero-order valence-corrected chi connectivity index (χ0v) is 10.4. The summed E-state index contributed by atoms with van der Waals surface area (Å²) >= 11 is 0. The van der Waals surface area contributed by atoms with E-state index in [2.05, 4.69) is 0 Å². The number of carbonyl (C=O) groups is 1. The van der Waals surface area contributed by atoms with Gasteiger partial charge in [0.1, 0.15) is 11.3 Å². The molecule has 0 bridgehead atoms. The van der Waals surface area contributed by atoms with Crippen LogP contribution in [0.1, 0.15) is 21.7 Å². The molecule has 0 unspecified atom stereocenters. The number of rotatable bonds is 2. The summed E-state index contributed by atoms with van der Waals surface area (Å²) in [5.74, 6) is -0.837. The van der Waals surface area contributed by atoms with Crippen LogP contribution in [0.4, 0.5) is 0 Å². The fourth-order valence-electron chi connectivity index (χ4n) is 2.00. The Kier molecular flexibility index (Phi) is 2.82. The highest BCUT2D eigenvalue weighted by Gasteiger charge is 2.22. The van der Waals surface area contributed by atoms with Crippen LogP contribution in [0.5, 0.6) is 0 Å². The molecular formula is C13H13NO4. The standard InChI is InChI=1S/C13H13NO4/c1-7-10(9-5-4-6-18-9)12(15)11(13(16)17)8(2)14(7)3/h4-6H,1-3H3,(H,16,17). The average Bonchev–Trinajstić information content (AvgIpc) is 2.79. The molecule has 5 nitrogen and oxygen atoms in total.